The quantitative estimate of drug-likeness (QED) is 0.756. The van der Waals surface area contributed by atoms with Crippen molar-refractivity contribution >= 4 is 11.6 Å². The summed E-state index contributed by atoms with van der Waals surface area (Å²) < 4.78 is 5.06. The van der Waals surface area contributed by atoms with Crippen molar-refractivity contribution in [3.8, 4) is 5.75 Å². The average Bonchev–Trinajstić information content (AvgIpc) is 2.17. The van der Waals surface area contributed by atoms with Crippen molar-refractivity contribution in [2.24, 2.45) is 0 Å². The van der Waals surface area contributed by atoms with Gasteiger partial charge in [-0.15, -0.1) is 0 Å². The summed E-state index contributed by atoms with van der Waals surface area (Å²) in [7, 11) is 3.19. The van der Waals surface area contributed by atoms with E-state index in [0.717, 1.165) is 11.3 Å². The Labute approximate surface area is 82.6 Å². The molecule has 0 atom stereocenters. The smallest absolute Gasteiger partial charge is 0.119 e. The van der Waals surface area contributed by atoms with Gasteiger partial charge in [-0.05, 0) is 23.8 Å². The highest BCUT2D eigenvalue weighted by molar-refractivity contribution is 6.31. The van der Waals surface area contributed by atoms with Gasteiger partial charge >= 0.3 is 0 Å². The first-order chi connectivity index (χ1) is 6.27. The highest BCUT2D eigenvalue weighted by atomic mass is 35.5. The number of hydrogen-bond acceptors (Lipinski definition) is 3. The Morgan fingerprint density at radius 1 is 1.38 bits per heavy atom. The molecule has 1 rings (SSSR count). The predicted octanol–water partition coefficient (Wildman–Crippen LogP) is 2.00. The van der Waals surface area contributed by atoms with Gasteiger partial charge in [-0.1, -0.05) is 11.6 Å². The summed E-state index contributed by atoms with van der Waals surface area (Å²) in [4.78, 5) is 4.72. The van der Waals surface area contributed by atoms with E-state index in [-0.39, 0.29) is 0 Å². The topological polar surface area (TPSA) is 30.5 Å². The second-order valence-electron chi connectivity index (χ2n) is 2.48. The minimum atomic E-state index is 0.562. The molecule has 0 saturated carbocycles. The average molecular weight is 202 g/mol. The Hall–Kier alpha value is -0.770. The number of methoxy groups -OCH3 is 1. The lowest BCUT2D eigenvalue weighted by Crippen LogP contribution is -2.11. The van der Waals surface area contributed by atoms with E-state index in [1.54, 1.807) is 20.3 Å². The molecule has 0 aromatic heterocycles. The van der Waals surface area contributed by atoms with Crippen LogP contribution in [0.2, 0.25) is 5.02 Å². The van der Waals surface area contributed by atoms with Gasteiger partial charge in [-0.2, -0.15) is 5.48 Å². The molecule has 0 fully saturated rings. The van der Waals surface area contributed by atoms with Gasteiger partial charge in [0.15, 0.2) is 0 Å². The normalized spacial score (nSPS) is 10.1. The maximum atomic E-state index is 5.94. The fourth-order valence-electron chi connectivity index (χ4n) is 0.963. The van der Waals surface area contributed by atoms with Gasteiger partial charge in [0, 0.05) is 11.6 Å². The second kappa shape index (κ2) is 5.07. The Balaban J connectivity index is 2.78. The molecule has 3 nitrogen and oxygen atoms in total. The molecule has 1 aromatic rings. The van der Waals surface area contributed by atoms with Crippen molar-refractivity contribution in [1.29, 1.82) is 0 Å². The molecule has 0 spiro atoms. The van der Waals surface area contributed by atoms with Crippen LogP contribution < -0.4 is 10.2 Å². The van der Waals surface area contributed by atoms with Crippen molar-refractivity contribution in [3.05, 3.63) is 28.8 Å². The molecule has 0 amide bonds. The van der Waals surface area contributed by atoms with Crippen LogP contribution in [0.3, 0.4) is 0 Å². The Morgan fingerprint density at radius 2 is 2.15 bits per heavy atom. The zero-order valence-electron chi connectivity index (χ0n) is 7.63. The Bertz CT molecular complexity index is 278. The molecule has 0 heterocycles. The SMILES string of the molecule is CONCc1cc(OC)ccc1Cl. The summed E-state index contributed by atoms with van der Waals surface area (Å²) >= 11 is 5.94. The monoisotopic (exact) mass is 201 g/mol. The lowest BCUT2D eigenvalue weighted by Gasteiger charge is -2.06. The summed E-state index contributed by atoms with van der Waals surface area (Å²) in [5, 5.41) is 0.699. The van der Waals surface area contributed by atoms with Gasteiger partial charge in [0.2, 0.25) is 0 Å². The third-order valence-electron chi connectivity index (χ3n) is 1.66. The molecule has 0 saturated heterocycles. The first-order valence-electron chi connectivity index (χ1n) is 3.86. The van der Waals surface area contributed by atoms with Crippen molar-refractivity contribution in [3.63, 3.8) is 0 Å². The summed E-state index contributed by atoms with van der Waals surface area (Å²) in [6, 6.07) is 5.49. The highest BCUT2D eigenvalue weighted by Gasteiger charge is 2.01. The van der Waals surface area contributed by atoms with E-state index in [1.807, 2.05) is 12.1 Å². The van der Waals surface area contributed by atoms with Gasteiger partial charge in [0.25, 0.3) is 0 Å². The molecule has 72 valence electrons. The number of nitrogens with one attached hydrogen (secondary N) is 1. The van der Waals surface area contributed by atoms with Gasteiger partial charge in [0.05, 0.1) is 14.2 Å². The molecule has 0 aliphatic rings. The van der Waals surface area contributed by atoms with Crippen LogP contribution in [0.1, 0.15) is 5.56 Å². The van der Waals surface area contributed by atoms with Crippen molar-refractivity contribution < 1.29 is 9.57 Å². The summed E-state index contributed by atoms with van der Waals surface area (Å²) in [6.45, 7) is 0.562. The second-order valence-corrected chi connectivity index (χ2v) is 2.89. The van der Waals surface area contributed by atoms with E-state index in [2.05, 4.69) is 5.48 Å². The predicted molar refractivity (Wildman–Crippen MR) is 51.9 cm³/mol. The van der Waals surface area contributed by atoms with Crippen LogP contribution in [0.5, 0.6) is 5.75 Å². The van der Waals surface area contributed by atoms with Gasteiger partial charge in [-0.3, -0.25) is 0 Å². The molecule has 4 heteroatoms. The van der Waals surface area contributed by atoms with Crippen LogP contribution in [0, 0.1) is 0 Å². The number of halogens is 1. The van der Waals surface area contributed by atoms with E-state index in [4.69, 9.17) is 21.2 Å². The van der Waals surface area contributed by atoms with Gasteiger partial charge in [-0.25, -0.2) is 0 Å². The lowest BCUT2D eigenvalue weighted by molar-refractivity contribution is 0.0867. The first kappa shape index (κ1) is 10.3. The van der Waals surface area contributed by atoms with E-state index in [1.165, 1.54) is 0 Å². The van der Waals surface area contributed by atoms with E-state index in [9.17, 15) is 0 Å². The number of ether oxygens (including phenoxy) is 1. The zero-order valence-corrected chi connectivity index (χ0v) is 8.39. The van der Waals surface area contributed by atoms with Crippen LogP contribution in [0.4, 0.5) is 0 Å². The maximum absolute atomic E-state index is 5.94. The molecular formula is C9H12ClNO2. The van der Waals surface area contributed by atoms with Crippen molar-refractivity contribution in [1.82, 2.24) is 5.48 Å². The Morgan fingerprint density at radius 3 is 2.77 bits per heavy atom. The van der Waals surface area contributed by atoms with Crippen LogP contribution >= 0.6 is 11.6 Å². The summed E-state index contributed by atoms with van der Waals surface area (Å²) in [5.41, 5.74) is 3.66. The summed E-state index contributed by atoms with van der Waals surface area (Å²) in [5.74, 6) is 0.789. The molecule has 13 heavy (non-hydrogen) atoms. The van der Waals surface area contributed by atoms with Crippen LogP contribution in [-0.4, -0.2) is 14.2 Å². The zero-order chi connectivity index (χ0) is 9.68. The fourth-order valence-corrected chi connectivity index (χ4v) is 1.15. The van der Waals surface area contributed by atoms with E-state index >= 15 is 0 Å². The minimum Gasteiger partial charge on any atom is -0.497 e. The van der Waals surface area contributed by atoms with Crippen molar-refractivity contribution in [2.75, 3.05) is 14.2 Å². The number of rotatable bonds is 4. The van der Waals surface area contributed by atoms with Crippen LogP contribution in [-0.2, 0) is 11.4 Å². The Kier molecular flexibility index (Phi) is 4.02. The number of hydrogen-bond donors (Lipinski definition) is 1. The lowest BCUT2D eigenvalue weighted by atomic mass is 10.2. The molecule has 0 aliphatic carbocycles. The van der Waals surface area contributed by atoms with Crippen molar-refractivity contribution in [2.45, 2.75) is 6.54 Å². The third-order valence-corrected chi connectivity index (χ3v) is 2.03. The van der Waals surface area contributed by atoms with Crippen LogP contribution in [0.15, 0.2) is 18.2 Å². The molecule has 0 bridgehead atoms. The minimum absolute atomic E-state index is 0.562. The molecule has 0 radical (unpaired) electrons. The standard InChI is InChI=1S/C9H12ClNO2/c1-12-8-3-4-9(10)7(5-8)6-11-13-2/h3-5,11H,6H2,1-2H3. The first-order valence-corrected chi connectivity index (χ1v) is 4.24. The fraction of sp³-hybridized carbons (Fsp3) is 0.333. The van der Waals surface area contributed by atoms with Gasteiger partial charge in [0.1, 0.15) is 5.75 Å². The van der Waals surface area contributed by atoms with Crippen LogP contribution in [0.25, 0.3) is 0 Å². The maximum Gasteiger partial charge on any atom is 0.119 e. The summed E-state index contributed by atoms with van der Waals surface area (Å²) in [6.07, 6.45) is 0. The molecular weight excluding hydrogens is 190 g/mol. The third kappa shape index (κ3) is 2.88. The highest BCUT2D eigenvalue weighted by Crippen LogP contribution is 2.21. The molecule has 0 unspecified atom stereocenters. The number of hydroxylamine groups is 1. The van der Waals surface area contributed by atoms with E-state index < -0.39 is 0 Å². The molecule has 1 N–H and O–H groups in total. The van der Waals surface area contributed by atoms with Gasteiger partial charge < -0.3 is 9.57 Å². The number of benzene rings is 1. The molecule has 0 aliphatic heterocycles. The van der Waals surface area contributed by atoms with E-state index in [0.29, 0.717) is 11.6 Å². The molecule has 1 aromatic carbocycles. The largest absolute Gasteiger partial charge is 0.497 e.